The van der Waals surface area contributed by atoms with E-state index < -0.39 is 0 Å². The van der Waals surface area contributed by atoms with Crippen molar-refractivity contribution in [2.75, 3.05) is 19.5 Å². The fraction of sp³-hybridized carbons (Fsp3) is 0.250. The highest BCUT2D eigenvalue weighted by Crippen LogP contribution is 2.37. The van der Waals surface area contributed by atoms with Gasteiger partial charge in [-0.05, 0) is 23.9 Å². The van der Waals surface area contributed by atoms with Crippen LogP contribution in [0.2, 0.25) is 0 Å². The molecule has 1 atom stereocenters. The maximum Gasteiger partial charge on any atom is 0.254 e. The van der Waals surface area contributed by atoms with E-state index in [1.165, 1.54) is 7.11 Å². The Bertz CT molecular complexity index is 486. The van der Waals surface area contributed by atoms with E-state index in [-0.39, 0.29) is 11.3 Å². The van der Waals surface area contributed by atoms with Gasteiger partial charge in [-0.15, -0.1) is 11.6 Å². The topological polar surface area (TPSA) is 50.4 Å². The third-order valence-electron chi connectivity index (χ3n) is 2.64. The van der Waals surface area contributed by atoms with Gasteiger partial charge in [0.1, 0.15) is 5.75 Å². The second kappa shape index (κ2) is 4.67. The molecular weight excluding hydrogens is 240 g/mol. The van der Waals surface area contributed by atoms with Crippen molar-refractivity contribution in [1.29, 1.82) is 0 Å². The van der Waals surface area contributed by atoms with Gasteiger partial charge in [-0.25, -0.2) is 0 Å². The molecule has 17 heavy (non-hydrogen) atoms. The number of benzene rings is 1. The maximum absolute atomic E-state index is 11.7. The standard InChI is InChI=1S/C12H13ClN2O2/c1-14-12(16)8-5-7-9(13)3-4-15-10(7)6-11(8)17-2/h3-6,9,15H,1-2H3,(H,14,16). The van der Waals surface area contributed by atoms with E-state index in [2.05, 4.69) is 10.6 Å². The fourth-order valence-electron chi connectivity index (χ4n) is 1.76. The Balaban J connectivity index is 2.54. The highest BCUT2D eigenvalue weighted by molar-refractivity contribution is 6.22. The lowest BCUT2D eigenvalue weighted by atomic mass is 10.0. The van der Waals surface area contributed by atoms with Gasteiger partial charge in [0.2, 0.25) is 0 Å². The van der Waals surface area contributed by atoms with Crippen LogP contribution in [0.15, 0.2) is 24.4 Å². The van der Waals surface area contributed by atoms with Crippen LogP contribution in [0.1, 0.15) is 21.3 Å². The van der Waals surface area contributed by atoms with Gasteiger partial charge < -0.3 is 15.4 Å². The van der Waals surface area contributed by atoms with Crippen molar-refractivity contribution in [3.8, 4) is 5.75 Å². The lowest BCUT2D eigenvalue weighted by Gasteiger charge is -2.19. The molecule has 0 saturated heterocycles. The van der Waals surface area contributed by atoms with Gasteiger partial charge in [-0.3, -0.25) is 4.79 Å². The van der Waals surface area contributed by atoms with E-state index in [0.29, 0.717) is 11.3 Å². The molecule has 1 aromatic carbocycles. The van der Waals surface area contributed by atoms with Crippen LogP contribution >= 0.6 is 11.6 Å². The summed E-state index contributed by atoms with van der Waals surface area (Å²) in [4.78, 5) is 11.7. The zero-order valence-electron chi connectivity index (χ0n) is 9.58. The molecule has 90 valence electrons. The third-order valence-corrected chi connectivity index (χ3v) is 3.03. The fourth-order valence-corrected chi connectivity index (χ4v) is 2.01. The Morgan fingerprint density at radius 1 is 1.53 bits per heavy atom. The molecule has 0 saturated carbocycles. The van der Waals surface area contributed by atoms with Crippen molar-refractivity contribution >= 4 is 23.2 Å². The monoisotopic (exact) mass is 252 g/mol. The van der Waals surface area contributed by atoms with Crippen LogP contribution in [0, 0.1) is 0 Å². The zero-order chi connectivity index (χ0) is 12.4. The minimum absolute atomic E-state index is 0.192. The second-order valence-electron chi connectivity index (χ2n) is 3.62. The van der Waals surface area contributed by atoms with Gasteiger partial charge in [0.25, 0.3) is 5.91 Å². The van der Waals surface area contributed by atoms with Crippen molar-refractivity contribution < 1.29 is 9.53 Å². The molecule has 1 heterocycles. The molecule has 0 fully saturated rings. The summed E-state index contributed by atoms with van der Waals surface area (Å²) in [5.41, 5.74) is 2.21. The molecule has 4 nitrogen and oxygen atoms in total. The minimum atomic E-state index is -0.236. The van der Waals surface area contributed by atoms with E-state index in [1.54, 1.807) is 25.4 Å². The van der Waals surface area contributed by atoms with E-state index in [4.69, 9.17) is 16.3 Å². The molecule has 0 aliphatic carbocycles. The predicted octanol–water partition coefficient (Wildman–Crippen LogP) is 2.27. The van der Waals surface area contributed by atoms with Crippen LogP contribution in [0.4, 0.5) is 5.69 Å². The number of carbonyl (C=O) groups is 1. The number of ether oxygens (including phenoxy) is 1. The van der Waals surface area contributed by atoms with E-state index in [9.17, 15) is 4.79 Å². The van der Waals surface area contributed by atoms with Gasteiger partial charge >= 0.3 is 0 Å². The van der Waals surface area contributed by atoms with Crippen LogP contribution in [-0.2, 0) is 0 Å². The first-order valence-electron chi connectivity index (χ1n) is 5.18. The summed E-state index contributed by atoms with van der Waals surface area (Å²) in [6.45, 7) is 0. The molecule has 5 heteroatoms. The molecule has 2 rings (SSSR count). The Morgan fingerprint density at radius 3 is 2.94 bits per heavy atom. The largest absolute Gasteiger partial charge is 0.496 e. The third kappa shape index (κ3) is 2.08. The van der Waals surface area contributed by atoms with Gasteiger partial charge in [-0.1, -0.05) is 0 Å². The number of carbonyl (C=O) groups excluding carboxylic acids is 1. The summed E-state index contributed by atoms with van der Waals surface area (Å²) in [7, 11) is 3.11. The predicted molar refractivity (Wildman–Crippen MR) is 67.7 cm³/mol. The summed E-state index contributed by atoms with van der Waals surface area (Å²) in [5.74, 6) is 0.331. The van der Waals surface area contributed by atoms with Gasteiger partial charge in [-0.2, -0.15) is 0 Å². The maximum atomic E-state index is 11.7. The Labute approximate surface area is 105 Å². The SMILES string of the molecule is CNC(=O)c1cc2c(cc1OC)NC=CC2Cl. The first-order chi connectivity index (χ1) is 8.17. The number of anilines is 1. The highest BCUT2D eigenvalue weighted by atomic mass is 35.5. The molecule has 1 aromatic rings. The van der Waals surface area contributed by atoms with Gasteiger partial charge in [0, 0.05) is 18.8 Å². The molecule has 0 radical (unpaired) electrons. The zero-order valence-corrected chi connectivity index (χ0v) is 10.3. The average molecular weight is 253 g/mol. The molecule has 0 spiro atoms. The van der Waals surface area contributed by atoms with Crippen LogP contribution in [0.3, 0.4) is 0 Å². The van der Waals surface area contributed by atoms with Crippen LogP contribution in [0.25, 0.3) is 0 Å². The van der Waals surface area contributed by atoms with Gasteiger partial charge in [0.05, 0.1) is 18.1 Å². The van der Waals surface area contributed by atoms with E-state index in [0.717, 1.165) is 11.3 Å². The summed E-state index contributed by atoms with van der Waals surface area (Å²) in [5, 5.41) is 5.42. The quantitative estimate of drug-likeness (QED) is 0.794. The summed E-state index contributed by atoms with van der Waals surface area (Å²) in [6.07, 6.45) is 3.60. The minimum Gasteiger partial charge on any atom is -0.496 e. The molecule has 0 aromatic heterocycles. The van der Waals surface area contributed by atoms with Crippen molar-refractivity contribution in [3.05, 3.63) is 35.5 Å². The lowest BCUT2D eigenvalue weighted by Crippen LogP contribution is -2.19. The van der Waals surface area contributed by atoms with Crippen LogP contribution < -0.4 is 15.4 Å². The van der Waals surface area contributed by atoms with E-state index in [1.807, 2.05) is 6.08 Å². The Kier molecular flexibility index (Phi) is 3.24. The molecule has 1 amide bonds. The average Bonchev–Trinajstić information content (AvgIpc) is 2.37. The van der Waals surface area contributed by atoms with Crippen molar-refractivity contribution in [3.63, 3.8) is 0 Å². The Hall–Kier alpha value is -1.68. The number of hydrogen-bond donors (Lipinski definition) is 2. The first kappa shape index (κ1) is 11.8. The number of rotatable bonds is 2. The first-order valence-corrected chi connectivity index (χ1v) is 5.62. The molecule has 0 bridgehead atoms. The Morgan fingerprint density at radius 2 is 2.29 bits per heavy atom. The van der Waals surface area contributed by atoms with Crippen LogP contribution in [-0.4, -0.2) is 20.1 Å². The van der Waals surface area contributed by atoms with E-state index >= 15 is 0 Å². The van der Waals surface area contributed by atoms with Crippen molar-refractivity contribution in [1.82, 2.24) is 5.32 Å². The number of allylic oxidation sites excluding steroid dienone is 1. The lowest BCUT2D eigenvalue weighted by molar-refractivity contribution is 0.0960. The highest BCUT2D eigenvalue weighted by Gasteiger charge is 2.20. The summed E-state index contributed by atoms with van der Waals surface area (Å²) < 4.78 is 5.20. The molecular formula is C12H13ClN2O2. The number of amides is 1. The summed E-state index contributed by atoms with van der Waals surface area (Å²) >= 11 is 6.16. The van der Waals surface area contributed by atoms with Gasteiger partial charge in [0.15, 0.2) is 0 Å². The van der Waals surface area contributed by atoms with Crippen LogP contribution in [0.5, 0.6) is 5.75 Å². The number of alkyl halides is 1. The second-order valence-corrected chi connectivity index (χ2v) is 4.09. The number of halogens is 1. The normalized spacial score (nSPS) is 17.0. The smallest absolute Gasteiger partial charge is 0.254 e. The molecule has 1 aliphatic rings. The number of methoxy groups -OCH3 is 1. The molecule has 1 unspecified atom stereocenters. The number of hydrogen-bond acceptors (Lipinski definition) is 3. The van der Waals surface area contributed by atoms with Crippen molar-refractivity contribution in [2.45, 2.75) is 5.38 Å². The molecule has 1 aliphatic heterocycles. The number of fused-ring (bicyclic) bond motifs is 1. The summed E-state index contributed by atoms with van der Waals surface area (Å²) in [6, 6.07) is 3.53. The van der Waals surface area contributed by atoms with Crippen molar-refractivity contribution in [2.24, 2.45) is 0 Å². The number of nitrogens with one attached hydrogen (secondary N) is 2. The molecule has 2 N–H and O–H groups in total.